The molecule has 0 saturated heterocycles. The summed E-state index contributed by atoms with van der Waals surface area (Å²) in [6, 6.07) is 9.04. The normalized spacial score (nSPS) is 24.9. The van der Waals surface area contributed by atoms with Crippen LogP contribution in [0.2, 0.25) is 0 Å². The molecule has 0 bridgehead atoms. The Labute approximate surface area is 156 Å². The van der Waals surface area contributed by atoms with Gasteiger partial charge < -0.3 is 0 Å². The summed E-state index contributed by atoms with van der Waals surface area (Å²) in [6.07, 6.45) is 23.0. The average Bonchev–Trinajstić information content (AvgIpc) is 2.70. The molecule has 0 nitrogen and oxygen atoms in total. The van der Waals surface area contributed by atoms with E-state index < -0.39 is 0 Å². The van der Waals surface area contributed by atoms with Gasteiger partial charge in [-0.2, -0.15) is 0 Å². The van der Waals surface area contributed by atoms with Crippen molar-refractivity contribution in [2.24, 2.45) is 17.3 Å². The lowest BCUT2D eigenvalue weighted by Gasteiger charge is -2.52. The van der Waals surface area contributed by atoms with Gasteiger partial charge in [0, 0.05) is 5.41 Å². The quantitative estimate of drug-likeness (QED) is 0.532. The summed E-state index contributed by atoms with van der Waals surface area (Å²) in [7, 11) is 3.00. The predicted octanol–water partition coefficient (Wildman–Crippen LogP) is 6.68. The van der Waals surface area contributed by atoms with Gasteiger partial charge in [0.1, 0.15) is 0 Å². The highest BCUT2D eigenvalue weighted by Gasteiger charge is 2.48. The number of allylic oxidation sites excluding steroid dienone is 4. The molecule has 1 unspecified atom stereocenters. The van der Waals surface area contributed by atoms with Gasteiger partial charge >= 0.3 is 0 Å². The Balaban J connectivity index is 1.81. The molecule has 0 heterocycles. The lowest BCUT2D eigenvalue weighted by Crippen LogP contribution is -2.42. The molecular weight excluding hydrogens is 319 g/mol. The van der Waals surface area contributed by atoms with E-state index in [2.05, 4.69) is 51.7 Å². The van der Waals surface area contributed by atoms with Gasteiger partial charge in [-0.05, 0) is 60.4 Å². The molecule has 1 heteroatoms. The van der Waals surface area contributed by atoms with Crippen LogP contribution in [-0.2, 0) is 0 Å². The lowest BCUT2D eigenvalue weighted by molar-refractivity contribution is 0.0805. The van der Waals surface area contributed by atoms with E-state index in [1.807, 2.05) is 0 Å². The molecule has 134 valence electrons. The Bertz CT molecular complexity index is 624. The van der Waals surface area contributed by atoms with Crippen LogP contribution >= 0.6 is 9.24 Å². The smallest absolute Gasteiger partial charge is 0.00501 e. The molecule has 0 amide bonds. The summed E-state index contributed by atoms with van der Waals surface area (Å²) in [4.78, 5) is 0. The van der Waals surface area contributed by atoms with Gasteiger partial charge in [-0.15, -0.1) is 9.24 Å². The van der Waals surface area contributed by atoms with Gasteiger partial charge in [-0.3, -0.25) is 0 Å². The second kappa shape index (κ2) is 7.79. The van der Waals surface area contributed by atoms with Crippen LogP contribution < -0.4 is 5.30 Å². The van der Waals surface area contributed by atoms with Crippen molar-refractivity contribution in [1.82, 2.24) is 0 Å². The molecule has 2 saturated carbocycles. The maximum Gasteiger partial charge on any atom is 0.00501 e. The third-order valence-corrected chi connectivity index (χ3v) is 7.78. The van der Waals surface area contributed by atoms with E-state index in [-0.39, 0.29) is 0 Å². The van der Waals surface area contributed by atoms with Crippen molar-refractivity contribution in [3.8, 4) is 0 Å². The van der Waals surface area contributed by atoms with E-state index >= 15 is 0 Å². The Morgan fingerprint density at radius 3 is 2.00 bits per heavy atom. The first-order valence-electron chi connectivity index (χ1n) is 10.5. The molecular formula is C24H33P. The van der Waals surface area contributed by atoms with E-state index in [1.54, 1.807) is 5.57 Å². The zero-order valence-electron chi connectivity index (χ0n) is 15.6. The van der Waals surface area contributed by atoms with Crippen LogP contribution in [0.25, 0.3) is 5.57 Å². The first-order valence-corrected chi connectivity index (χ1v) is 11.1. The number of hydrogen-bond acceptors (Lipinski definition) is 0. The minimum absolute atomic E-state index is 0.391. The van der Waals surface area contributed by atoms with Gasteiger partial charge in [0.25, 0.3) is 0 Å². The summed E-state index contributed by atoms with van der Waals surface area (Å²) < 4.78 is 0. The van der Waals surface area contributed by atoms with Gasteiger partial charge in [0.05, 0.1) is 0 Å². The fraction of sp³-hybridized carbons (Fsp3) is 0.583. The lowest BCUT2D eigenvalue weighted by atomic mass is 9.52. The van der Waals surface area contributed by atoms with Crippen molar-refractivity contribution in [3.05, 3.63) is 48.1 Å². The molecule has 2 fully saturated rings. The minimum Gasteiger partial charge on any atom is -0.105 e. The second-order valence-corrected chi connectivity index (χ2v) is 9.13. The van der Waals surface area contributed by atoms with Crippen molar-refractivity contribution in [3.63, 3.8) is 0 Å². The third kappa shape index (κ3) is 3.28. The Kier molecular flexibility index (Phi) is 5.47. The topological polar surface area (TPSA) is 0 Å². The van der Waals surface area contributed by atoms with E-state index in [4.69, 9.17) is 0 Å². The molecule has 4 rings (SSSR count). The fourth-order valence-corrected chi connectivity index (χ4v) is 6.48. The molecule has 0 aromatic heterocycles. The molecule has 3 aliphatic carbocycles. The minimum atomic E-state index is 0.391. The second-order valence-electron chi connectivity index (χ2n) is 8.51. The molecule has 0 N–H and O–H groups in total. The van der Waals surface area contributed by atoms with E-state index in [0.29, 0.717) is 5.41 Å². The highest BCUT2D eigenvalue weighted by atomic mass is 31.0. The summed E-state index contributed by atoms with van der Waals surface area (Å²) in [6.45, 7) is 0. The third-order valence-electron chi connectivity index (χ3n) is 7.27. The number of rotatable bonds is 3. The van der Waals surface area contributed by atoms with Crippen LogP contribution in [0.15, 0.2) is 42.5 Å². The summed E-state index contributed by atoms with van der Waals surface area (Å²) in [5.41, 5.74) is 3.55. The van der Waals surface area contributed by atoms with Crippen LogP contribution in [0.5, 0.6) is 0 Å². The SMILES string of the molecule is Pc1ccccc1C1=CC=CCC1(C1CCCCC1)C1CCCCC1. The molecule has 0 aliphatic heterocycles. The molecule has 0 spiro atoms. The van der Waals surface area contributed by atoms with Crippen molar-refractivity contribution in [2.45, 2.75) is 70.6 Å². The number of hydrogen-bond donors (Lipinski definition) is 0. The predicted molar refractivity (Wildman–Crippen MR) is 113 cm³/mol. The van der Waals surface area contributed by atoms with Crippen molar-refractivity contribution < 1.29 is 0 Å². The van der Waals surface area contributed by atoms with E-state index in [1.165, 1.54) is 81.5 Å². The van der Waals surface area contributed by atoms with Crippen LogP contribution in [-0.4, -0.2) is 0 Å². The van der Waals surface area contributed by atoms with Crippen LogP contribution in [0.4, 0.5) is 0 Å². The van der Waals surface area contributed by atoms with Gasteiger partial charge in [0.15, 0.2) is 0 Å². The fourth-order valence-electron chi connectivity index (χ4n) is 6.12. The van der Waals surface area contributed by atoms with E-state index in [9.17, 15) is 0 Å². The zero-order chi connectivity index (χ0) is 17.1. The summed E-state index contributed by atoms with van der Waals surface area (Å²) >= 11 is 0. The maximum absolute atomic E-state index is 3.00. The van der Waals surface area contributed by atoms with Crippen molar-refractivity contribution >= 4 is 20.1 Å². The van der Waals surface area contributed by atoms with Crippen LogP contribution in [0, 0.1) is 17.3 Å². The van der Waals surface area contributed by atoms with Gasteiger partial charge in [0.2, 0.25) is 0 Å². The van der Waals surface area contributed by atoms with Crippen LogP contribution in [0.1, 0.15) is 76.2 Å². The summed E-state index contributed by atoms with van der Waals surface area (Å²) in [5, 5.41) is 1.38. The Morgan fingerprint density at radius 2 is 1.40 bits per heavy atom. The first-order chi connectivity index (χ1) is 12.3. The Hall–Kier alpha value is -0.870. The standard InChI is InChI=1S/C24H33P/c25-23-17-8-7-15-21(23)22-16-9-10-18-24(22,19-11-3-1-4-12-19)20-13-5-2-6-14-20/h7-10,15-17,19-20H,1-6,11-14,18,25H2. The highest BCUT2D eigenvalue weighted by Crippen LogP contribution is 2.59. The molecule has 0 radical (unpaired) electrons. The zero-order valence-corrected chi connectivity index (χ0v) is 16.7. The largest absolute Gasteiger partial charge is 0.105 e. The molecule has 3 aliphatic rings. The maximum atomic E-state index is 3.00. The first kappa shape index (κ1) is 17.5. The monoisotopic (exact) mass is 352 g/mol. The van der Waals surface area contributed by atoms with E-state index in [0.717, 1.165) is 11.8 Å². The molecule has 1 aromatic carbocycles. The average molecular weight is 353 g/mol. The van der Waals surface area contributed by atoms with Crippen molar-refractivity contribution in [1.29, 1.82) is 0 Å². The number of benzene rings is 1. The molecule has 1 atom stereocenters. The van der Waals surface area contributed by atoms with Gasteiger partial charge in [-0.25, -0.2) is 0 Å². The highest BCUT2D eigenvalue weighted by molar-refractivity contribution is 7.27. The Morgan fingerprint density at radius 1 is 0.800 bits per heavy atom. The molecule has 25 heavy (non-hydrogen) atoms. The van der Waals surface area contributed by atoms with Crippen LogP contribution in [0.3, 0.4) is 0 Å². The van der Waals surface area contributed by atoms with Crippen molar-refractivity contribution in [2.75, 3.05) is 0 Å². The van der Waals surface area contributed by atoms with Gasteiger partial charge in [-0.1, -0.05) is 81.0 Å². The summed E-state index contributed by atoms with van der Waals surface area (Å²) in [5.74, 6) is 1.76. The molecule has 1 aromatic rings.